The molecule has 1 unspecified atom stereocenters. The standard InChI is InChI=1S/C12H22N2O5/c1-18-10(7-13)6-11(15)14-4-2-9(3-5-14)19-8-12(16)17/h9-10H,2-8,13H2,1H3,(H,16,17). The summed E-state index contributed by atoms with van der Waals surface area (Å²) in [5.74, 6) is -0.946. The number of ether oxygens (including phenoxy) is 2. The van der Waals surface area contributed by atoms with Gasteiger partial charge in [0.1, 0.15) is 6.61 Å². The summed E-state index contributed by atoms with van der Waals surface area (Å²) in [6.45, 7) is 1.21. The number of amides is 1. The Labute approximate surface area is 112 Å². The number of nitrogens with two attached hydrogens (primary N) is 1. The second-order valence-electron chi connectivity index (χ2n) is 4.58. The van der Waals surface area contributed by atoms with E-state index in [1.807, 2.05) is 0 Å². The predicted octanol–water partition coefficient (Wildman–Crippen LogP) is -0.558. The minimum Gasteiger partial charge on any atom is -0.480 e. The van der Waals surface area contributed by atoms with E-state index in [1.54, 1.807) is 4.90 Å². The molecule has 0 aliphatic carbocycles. The van der Waals surface area contributed by atoms with Gasteiger partial charge < -0.3 is 25.2 Å². The smallest absolute Gasteiger partial charge is 0.329 e. The van der Waals surface area contributed by atoms with E-state index in [-0.39, 0.29) is 31.1 Å². The minimum absolute atomic E-state index is 0.0222. The van der Waals surface area contributed by atoms with Gasteiger partial charge in [0.2, 0.25) is 5.91 Å². The number of nitrogens with zero attached hydrogens (tertiary/aromatic N) is 1. The number of carboxylic acids is 1. The van der Waals surface area contributed by atoms with Crippen LogP contribution in [0.2, 0.25) is 0 Å². The molecule has 1 atom stereocenters. The van der Waals surface area contributed by atoms with E-state index in [0.29, 0.717) is 32.5 Å². The topological polar surface area (TPSA) is 102 Å². The molecule has 0 aromatic rings. The van der Waals surface area contributed by atoms with Crippen molar-refractivity contribution >= 4 is 11.9 Å². The molecule has 19 heavy (non-hydrogen) atoms. The number of aliphatic carboxylic acids is 1. The lowest BCUT2D eigenvalue weighted by Gasteiger charge is -2.32. The van der Waals surface area contributed by atoms with E-state index in [4.69, 9.17) is 20.3 Å². The summed E-state index contributed by atoms with van der Waals surface area (Å²) < 4.78 is 10.3. The van der Waals surface area contributed by atoms with Crippen LogP contribution in [-0.2, 0) is 19.1 Å². The van der Waals surface area contributed by atoms with Gasteiger partial charge in [-0.25, -0.2) is 4.79 Å². The molecule has 0 bridgehead atoms. The van der Waals surface area contributed by atoms with Crippen LogP contribution in [0.25, 0.3) is 0 Å². The van der Waals surface area contributed by atoms with Crippen molar-refractivity contribution in [3.8, 4) is 0 Å². The molecule has 1 amide bonds. The van der Waals surface area contributed by atoms with Crippen LogP contribution < -0.4 is 5.73 Å². The van der Waals surface area contributed by atoms with Gasteiger partial charge in [-0.1, -0.05) is 0 Å². The highest BCUT2D eigenvalue weighted by molar-refractivity contribution is 5.76. The third-order valence-corrected chi connectivity index (χ3v) is 3.24. The number of carboxylic acid groups (broad SMARTS) is 1. The maximum atomic E-state index is 12.0. The zero-order valence-corrected chi connectivity index (χ0v) is 11.2. The molecule has 7 heteroatoms. The quantitative estimate of drug-likeness (QED) is 0.645. The van der Waals surface area contributed by atoms with Crippen molar-refractivity contribution in [1.29, 1.82) is 0 Å². The van der Waals surface area contributed by atoms with Crippen LogP contribution in [0.4, 0.5) is 0 Å². The molecule has 3 N–H and O–H groups in total. The first kappa shape index (κ1) is 15.9. The third-order valence-electron chi connectivity index (χ3n) is 3.24. The van der Waals surface area contributed by atoms with Crippen LogP contribution >= 0.6 is 0 Å². The Hall–Kier alpha value is -1.18. The van der Waals surface area contributed by atoms with E-state index >= 15 is 0 Å². The first-order valence-corrected chi connectivity index (χ1v) is 6.40. The van der Waals surface area contributed by atoms with Crippen molar-refractivity contribution in [3.05, 3.63) is 0 Å². The summed E-state index contributed by atoms with van der Waals surface area (Å²) in [5, 5.41) is 8.52. The lowest BCUT2D eigenvalue weighted by molar-refractivity contribution is -0.147. The monoisotopic (exact) mass is 274 g/mol. The van der Waals surface area contributed by atoms with Crippen molar-refractivity contribution in [2.24, 2.45) is 5.73 Å². The number of piperidine rings is 1. The summed E-state index contributed by atoms with van der Waals surface area (Å²) in [6.07, 6.45) is 1.30. The average Bonchev–Trinajstić information content (AvgIpc) is 2.42. The molecule has 110 valence electrons. The first-order chi connectivity index (χ1) is 9.06. The first-order valence-electron chi connectivity index (χ1n) is 6.40. The molecule has 1 aliphatic heterocycles. The normalized spacial score (nSPS) is 18.3. The highest BCUT2D eigenvalue weighted by Gasteiger charge is 2.25. The molecule has 1 fully saturated rings. The van der Waals surface area contributed by atoms with Gasteiger partial charge in [0.15, 0.2) is 0 Å². The number of hydrogen-bond acceptors (Lipinski definition) is 5. The van der Waals surface area contributed by atoms with E-state index in [0.717, 1.165) is 0 Å². The summed E-state index contributed by atoms with van der Waals surface area (Å²) in [5.41, 5.74) is 5.48. The van der Waals surface area contributed by atoms with Gasteiger partial charge in [0.05, 0.1) is 18.6 Å². The number of likely N-dealkylation sites (tertiary alicyclic amines) is 1. The van der Waals surface area contributed by atoms with Gasteiger partial charge in [-0.05, 0) is 12.8 Å². The Morgan fingerprint density at radius 1 is 1.42 bits per heavy atom. The molecule has 1 aliphatic rings. The molecule has 1 heterocycles. The number of carbonyl (C=O) groups is 2. The average molecular weight is 274 g/mol. The number of carbonyl (C=O) groups excluding carboxylic acids is 1. The van der Waals surface area contributed by atoms with Gasteiger partial charge in [-0.15, -0.1) is 0 Å². The molecular weight excluding hydrogens is 252 g/mol. The van der Waals surface area contributed by atoms with E-state index < -0.39 is 5.97 Å². The summed E-state index contributed by atoms with van der Waals surface area (Å²) in [7, 11) is 1.54. The number of rotatable bonds is 7. The molecular formula is C12H22N2O5. The Balaban J connectivity index is 2.28. The van der Waals surface area contributed by atoms with Crippen LogP contribution in [-0.4, -0.2) is 67.4 Å². The van der Waals surface area contributed by atoms with Crippen LogP contribution in [0.3, 0.4) is 0 Å². The van der Waals surface area contributed by atoms with E-state index in [2.05, 4.69) is 0 Å². The lowest BCUT2D eigenvalue weighted by Crippen LogP contribution is -2.43. The van der Waals surface area contributed by atoms with Crippen LogP contribution in [0.1, 0.15) is 19.3 Å². The fourth-order valence-corrected chi connectivity index (χ4v) is 2.05. The fourth-order valence-electron chi connectivity index (χ4n) is 2.05. The highest BCUT2D eigenvalue weighted by atomic mass is 16.5. The van der Waals surface area contributed by atoms with Crippen LogP contribution in [0.5, 0.6) is 0 Å². The Kier molecular flexibility index (Phi) is 6.75. The third kappa shape index (κ3) is 5.54. The van der Waals surface area contributed by atoms with Gasteiger partial charge in [0, 0.05) is 26.7 Å². The predicted molar refractivity (Wildman–Crippen MR) is 67.7 cm³/mol. The number of methoxy groups -OCH3 is 1. The van der Waals surface area contributed by atoms with Crippen molar-refractivity contribution in [2.45, 2.75) is 31.5 Å². The Morgan fingerprint density at radius 2 is 2.05 bits per heavy atom. The summed E-state index contributed by atoms with van der Waals surface area (Å²) >= 11 is 0. The van der Waals surface area contributed by atoms with Gasteiger partial charge in [-0.3, -0.25) is 4.79 Å². The molecule has 0 aromatic heterocycles. The van der Waals surface area contributed by atoms with Crippen LogP contribution in [0, 0.1) is 0 Å². The number of hydrogen-bond donors (Lipinski definition) is 2. The SMILES string of the molecule is COC(CN)CC(=O)N1CCC(OCC(=O)O)CC1. The Bertz CT molecular complexity index is 298. The second-order valence-corrected chi connectivity index (χ2v) is 4.58. The second kappa shape index (κ2) is 8.08. The summed E-state index contributed by atoms with van der Waals surface area (Å²) in [4.78, 5) is 24.1. The molecule has 1 rings (SSSR count). The maximum Gasteiger partial charge on any atom is 0.329 e. The van der Waals surface area contributed by atoms with Crippen molar-refractivity contribution < 1.29 is 24.2 Å². The zero-order chi connectivity index (χ0) is 14.3. The minimum atomic E-state index is -0.968. The fraction of sp³-hybridized carbons (Fsp3) is 0.833. The van der Waals surface area contributed by atoms with Gasteiger partial charge in [0.25, 0.3) is 0 Å². The highest BCUT2D eigenvalue weighted by Crippen LogP contribution is 2.15. The largest absolute Gasteiger partial charge is 0.480 e. The van der Waals surface area contributed by atoms with Gasteiger partial charge in [-0.2, -0.15) is 0 Å². The van der Waals surface area contributed by atoms with E-state index in [9.17, 15) is 9.59 Å². The molecule has 0 saturated carbocycles. The van der Waals surface area contributed by atoms with Crippen LogP contribution in [0.15, 0.2) is 0 Å². The Morgan fingerprint density at radius 3 is 2.53 bits per heavy atom. The van der Waals surface area contributed by atoms with Crippen molar-refractivity contribution in [2.75, 3.05) is 33.4 Å². The molecule has 0 spiro atoms. The van der Waals surface area contributed by atoms with Crippen molar-refractivity contribution in [3.63, 3.8) is 0 Å². The maximum absolute atomic E-state index is 12.0. The molecule has 1 saturated heterocycles. The molecule has 0 radical (unpaired) electrons. The molecule has 0 aromatic carbocycles. The summed E-state index contributed by atoms with van der Waals surface area (Å²) in [6, 6.07) is 0. The van der Waals surface area contributed by atoms with E-state index in [1.165, 1.54) is 7.11 Å². The lowest BCUT2D eigenvalue weighted by atomic mass is 10.1. The molecule has 7 nitrogen and oxygen atoms in total. The van der Waals surface area contributed by atoms with Gasteiger partial charge >= 0.3 is 5.97 Å². The van der Waals surface area contributed by atoms with Crippen molar-refractivity contribution in [1.82, 2.24) is 4.90 Å². The zero-order valence-electron chi connectivity index (χ0n) is 11.2.